The molecule has 1 N–H and O–H groups in total. The second kappa shape index (κ2) is 15.3. The fourth-order valence-electron chi connectivity index (χ4n) is 4.28. The molecule has 4 rings (SSSR count). The van der Waals surface area contributed by atoms with Crippen molar-refractivity contribution < 1.29 is 38.3 Å². The van der Waals surface area contributed by atoms with Gasteiger partial charge in [-0.2, -0.15) is 11.8 Å². The smallest absolute Gasteiger partial charge is 0.548 e. The van der Waals surface area contributed by atoms with Crippen LogP contribution in [0.1, 0.15) is 33.5 Å². The average molecular weight is 547 g/mol. The number of hydrogen-bond acceptors (Lipinski definition) is 6. The summed E-state index contributed by atoms with van der Waals surface area (Å²) in [6.45, 7) is 2.00. The number of nitrogens with zero attached hydrogens (tertiary/aromatic N) is 1. The van der Waals surface area contributed by atoms with E-state index in [9.17, 15) is 14.7 Å². The maximum Gasteiger partial charge on any atom is 1.00 e. The number of ether oxygens (including phenoxy) is 1. The number of aromatic nitrogens is 1. The summed E-state index contributed by atoms with van der Waals surface area (Å²) in [5, 5.41) is 14.3. The summed E-state index contributed by atoms with van der Waals surface area (Å²) in [4.78, 5) is 29.3. The van der Waals surface area contributed by atoms with Gasteiger partial charge in [0.05, 0.1) is 12.0 Å². The molecule has 8 heteroatoms. The van der Waals surface area contributed by atoms with E-state index in [4.69, 9.17) is 4.74 Å². The predicted octanol–water partition coefficient (Wildman–Crippen LogP) is 2.24. The minimum Gasteiger partial charge on any atom is -0.548 e. The average Bonchev–Trinajstić information content (AvgIpc) is 2.95. The molecule has 0 spiro atoms. The number of aliphatic carboxylic acids is 1. The summed E-state index contributed by atoms with van der Waals surface area (Å²) >= 11 is 1.52. The number of hydrogen-bond donors (Lipinski definition) is 1. The van der Waals surface area contributed by atoms with Crippen molar-refractivity contribution in [1.29, 1.82) is 0 Å². The molecule has 200 valence electrons. The van der Waals surface area contributed by atoms with E-state index in [1.165, 1.54) is 11.8 Å². The first-order valence-electron chi connectivity index (χ1n) is 12.8. The van der Waals surface area contributed by atoms with Crippen LogP contribution in [0.4, 0.5) is 0 Å². The Morgan fingerprint density at radius 1 is 0.925 bits per heavy atom. The van der Waals surface area contributed by atoms with Gasteiger partial charge in [0.2, 0.25) is 5.88 Å². The summed E-state index contributed by atoms with van der Waals surface area (Å²) in [7, 11) is 0. The molecule has 1 heterocycles. The fraction of sp³-hybridized carbons (Fsp3) is 0.219. The van der Waals surface area contributed by atoms with Crippen molar-refractivity contribution in [3.63, 3.8) is 0 Å². The van der Waals surface area contributed by atoms with Crippen LogP contribution in [-0.4, -0.2) is 34.9 Å². The van der Waals surface area contributed by atoms with Crippen LogP contribution < -0.4 is 34.0 Å². The molecule has 0 fully saturated rings. The number of amides is 1. The number of nitrogens with one attached hydrogen (secondary N) is 1. The minimum absolute atomic E-state index is 0. The Morgan fingerprint density at radius 3 is 2.30 bits per heavy atom. The molecule has 6 nitrogen and oxygen atoms in total. The summed E-state index contributed by atoms with van der Waals surface area (Å²) in [6, 6.07) is 25.9. The molecule has 1 amide bonds. The first kappa shape index (κ1) is 31.0. The summed E-state index contributed by atoms with van der Waals surface area (Å²) < 4.78 is 5.78. The van der Waals surface area contributed by atoms with Crippen LogP contribution in [0.2, 0.25) is 0 Å². The third kappa shape index (κ3) is 8.50. The molecule has 0 radical (unpaired) electrons. The van der Waals surface area contributed by atoms with E-state index in [1.807, 2.05) is 98.2 Å². The minimum atomic E-state index is -1.28. The molecule has 1 atom stereocenters. The molecule has 1 aromatic heterocycles. The van der Waals surface area contributed by atoms with Gasteiger partial charge in [0, 0.05) is 17.8 Å². The fourth-order valence-corrected chi connectivity index (χ4v) is 4.75. The Hall–Kier alpha value is -3.50. The zero-order valence-corrected chi connectivity index (χ0v) is 23.9. The van der Waals surface area contributed by atoms with E-state index in [1.54, 1.807) is 6.07 Å². The van der Waals surface area contributed by atoms with E-state index in [-0.39, 0.29) is 18.9 Å². The number of carboxylic acids is 1. The number of carbonyl (C=O) groups is 2. The molecule has 0 saturated carbocycles. The SMILES string of the molecule is CSCC[C@H](NC(=O)c1ccc(CCc2ccc(Oc3ccccc3)nc2)cc1-c1ccccc1C)C(=O)[O-].[Li+]. The largest absolute Gasteiger partial charge is 1.00 e. The molecule has 3 aromatic carbocycles. The maximum atomic E-state index is 13.3. The van der Waals surface area contributed by atoms with E-state index in [2.05, 4.69) is 10.3 Å². The zero-order chi connectivity index (χ0) is 27.6. The van der Waals surface area contributed by atoms with Crippen molar-refractivity contribution >= 4 is 23.6 Å². The van der Waals surface area contributed by atoms with Crippen molar-refractivity contribution in [2.75, 3.05) is 12.0 Å². The van der Waals surface area contributed by atoms with Crippen molar-refractivity contribution in [2.24, 2.45) is 0 Å². The van der Waals surface area contributed by atoms with Gasteiger partial charge in [0.25, 0.3) is 5.91 Å². The van der Waals surface area contributed by atoms with Gasteiger partial charge in [-0.05, 0) is 84.2 Å². The molecule has 0 aliphatic rings. The van der Waals surface area contributed by atoms with Gasteiger partial charge in [-0.15, -0.1) is 0 Å². The molecular weight excluding hydrogens is 515 g/mol. The molecule has 40 heavy (non-hydrogen) atoms. The van der Waals surface area contributed by atoms with Gasteiger partial charge in [-0.25, -0.2) is 4.98 Å². The Labute approximate surface area is 251 Å². The number of thioether (sulfide) groups is 1. The Morgan fingerprint density at radius 2 is 1.62 bits per heavy atom. The molecule has 0 saturated heterocycles. The standard InChI is InChI=1S/C32H32N2O4S.Li/c1-22-8-6-7-11-26(22)28-20-23(14-16-27(28)31(35)34-29(32(36)37)18-19-39-2)12-13-24-15-17-30(33-21-24)38-25-9-4-3-5-10-25;/h3-11,14-17,20-21,29H,12-13,18-19H2,1-2H3,(H,34,35)(H,36,37);/q;+1/p-1/t29-;/m0./s1. The van der Waals surface area contributed by atoms with Crippen molar-refractivity contribution in [3.05, 3.63) is 113 Å². The normalized spacial score (nSPS) is 11.2. The van der Waals surface area contributed by atoms with Gasteiger partial charge in [0.1, 0.15) is 5.75 Å². The topological polar surface area (TPSA) is 91.3 Å². The molecule has 0 aliphatic heterocycles. The van der Waals surface area contributed by atoms with E-state index in [0.717, 1.165) is 46.4 Å². The first-order chi connectivity index (χ1) is 18.9. The third-order valence-electron chi connectivity index (χ3n) is 6.43. The van der Waals surface area contributed by atoms with Crippen LogP contribution in [0.5, 0.6) is 11.6 Å². The Balaban J connectivity index is 0.00000441. The molecule has 4 aromatic rings. The van der Waals surface area contributed by atoms with Crippen LogP contribution in [0, 0.1) is 6.92 Å². The van der Waals surface area contributed by atoms with Crippen molar-refractivity contribution in [3.8, 4) is 22.8 Å². The van der Waals surface area contributed by atoms with Gasteiger partial charge in [-0.1, -0.05) is 60.7 Å². The van der Waals surface area contributed by atoms with Crippen molar-refractivity contribution in [2.45, 2.75) is 32.2 Å². The maximum absolute atomic E-state index is 13.3. The van der Waals surface area contributed by atoms with Gasteiger partial charge in [-0.3, -0.25) is 4.79 Å². The monoisotopic (exact) mass is 546 g/mol. The number of carbonyl (C=O) groups excluding carboxylic acids is 2. The van der Waals surface area contributed by atoms with E-state index < -0.39 is 17.9 Å². The summed E-state index contributed by atoms with van der Waals surface area (Å²) in [5.41, 5.74) is 5.30. The molecule has 0 bridgehead atoms. The van der Waals surface area contributed by atoms with Crippen LogP contribution in [0.25, 0.3) is 11.1 Å². The van der Waals surface area contributed by atoms with Crippen LogP contribution >= 0.6 is 11.8 Å². The third-order valence-corrected chi connectivity index (χ3v) is 7.07. The Kier molecular flexibility index (Phi) is 11.9. The Bertz CT molecular complexity index is 1410. The number of carboxylic acid groups (broad SMARTS) is 1. The number of pyridine rings is 1. The molecule has 0 aliphatic carbocycles. The number of aryl methyl sites for hydroxylation is 3. The zero-order valence-electron chi connectivity index (χ0n) is 23.1. The molecule has 0 unspecified atom stereocenters. The molecular formula is C32H31LiN2O4S. The van der Waals surface area contributed by atoms with Gasteiger partial charge < -0.3 is 20.0 Å². The predicted molar refractivity (Wildman–Crippen MR) is 154 cm³/mol. The van der Waals surface area contributed by atoms with Crippen LogP contribution in [0.15, 0.2) is 91.1 Å². The second-order valence-electron chi connectivity index (χ2n) is 9.24. The van der Waals surface area contributed by atoms with E-state index in [0.29, 0.717) is 23.6 Å². The number of benzene rings is 3. The summed E-state index contributed by atoms with van der Waals surface area (Å²) in [5.74, 6) is 0.181. The van der Waals surface area contributed by atoms with E-state index >= 15 is 0 Å². The quantitative estimate of drug-likeness (QED) is 0.274. The second-order valence-corrected chi connectivity index (χ2v) is 10.2. The van der Waals surface area contributed by atoms with Gasteiger partial charge in [0.15, 0.2) is 0 Å². The first-order valence-corrected chi connectivity index (χ1v) is 14.2. The van der Waals surface area contributed by atoms with Crippen LogP contribution in [-0.2, 0) is 17.6 Å². The van der Waals surface area contributed by atoms with Gasteiger partial charge >= 0.3 is 18.9 Å². The summed E-state index contributed by atoms with van der Waals surface area (Å²) in [6.07, 6.45) is 5.52. The van der Waals surface area contributed by atoms with Crippen LogP contribution in [0.3, 0.4) is 0 Å². The number of rotatable bonds is 12. The number of para-hydroxylation sites is 1. The van der Waals surface area contributed by atoms with Crippen molar-refractivity contribution in [1.82, 2.24) is 10.3 Å².